The number of ether oxygens (including phenoxy) is 1. The summed E-state index contributed by atoms with van der Waals surface area (Å²) >= 11 is 0. The van der Waals surface area contributed by atoms with E-state index in [1.165, 1.54) is 6.42 Å². The quantitative estimate of drug-likeness (QED) is 0.587. The Labute approximate surface area is 67.1 Å². The SMILES string of the molecule is CC1CCC(CCN=O)CO1. The Morgan fingerprint density at radius 1 is 1.55 bits per heavy atom. The third-order valence-electron chi connectivity index (χ3n) is 2.23. The fraction of sp³-hybridized carbons (Fsp3) is 1.00. The number of hydrogen-bond donors (Lipinski definition) is 0. The zero-order valence-electron chi connectivity index (χ0n) is 6.95. The highest BCUT2D eigenvalue weighted by molar-refractivity contribution is 4.68. The van der Waals surface area contributed by atoms with E-state index < -0.39 is 0 Å². The molecule has 1 aliphatic heterocycles. The highest BCUT2D eigenvalue weighted by Crippen LogP contribution is 2.20. The predicted octanol–water partition coefficient (Wildman–Crippen LogP) is 1.96. The molecule has 2 atom stereocenters. The largest absolute Gasteiger partial charge is 0.378 e. The van der Waals surface area contributed by atoms with Gasteiger partial charge >= 0.3 is 0 Å². The summed E-state index contributed by atoms with van der Waals surface area (Å²) in [4.78, 5) is 9.82. The van der Waals surface area contributed by atoms with E-state index >= 15 is 0 Å². The second kappa shape index (κ2) is 4.44. The average Bonchev–Trinajstić information content (AvgIpc) is 2.04. The summed E-state index contributed by atoms with van der Waals surface area (Å²) in [6.45, 7) is 3.35. The molecule has 3 nitrogen and oxygen atoms in total. The average molecular weight is 157 g/mol. The maximum Gasteiger partial charge on any atom is 0.0814 e. The molecule has 0 amide bonds. The summed E-state index contributed by atoms with van der Waals surface area (Å²) in [6, 6.07) is 0. The second-order valence-electron chi connectivity index (χ2n) is 3.23. The number of nitrogens with zero attached hydrogens (tertiary/aromatic N) is 1. The first-order valence-electron chi connectivity index (χ1n) is 4.23. The van der Waals surface area contributed by atoms with Gasteiger partial charge in [-0.25, -0.2) is 0 Å². The van der Waals surface area contributed by atoms with Crippen molar-refractivity contribution in [1.29, 1.82) is 0 Å². The van der Waals surface area contributed by atoms with Crippen LogP contribution in [-0.4, -0.2) is 19.3 Å². The van der Waals surface area contributed by atoms with Crippen LogP contribution >= 0.6 is 0 Å². The van der Waals surface area contributed by atoms with Gasteiger partial charge in [0.2, 0.25) is 0 Å². The van der Waals surface area contributed by atoms with E-state index in [0.29, 0.717) is 18.6 Å². The lowest BCUT2D eigenvalue weighted by Crippen LogP contribution is -2.23. The molecule has 64 valence electrons. The van der Waals surface area contributed by atoms with Crippen molar-refractivity contribution in [3.8, 4) is 0 Å². The third kappa shape index (κ3) is 2.97. The fourth-order valence-corrected chi connectivity index (χ4v) is 1.40. The van der Waals surface area contributed by atoms with Crippen LogP contribution in [0.1, 0.15) is 26.2 Å². The van der Waals surface area contributed by atoms with E-state index in [1.54, 1.807) is 0 Å². The minimum absolute atomic E-state index is 0.412. The lowest BCUT2D eigenvalue weighted by molar-refractivity contribution is -0.00635. The van der Waals surface area contributed by atoms with Crippen molar-refractivity contribution in [1.82, 2.24) is 0 Å². The minimum atomic E-state index is 0.412. The molecular formula is C8H15NO2. The molecule has 0 saturated carbocycles. The molecule has 11 heavy (non-hydrogen) atoms. The molecule has 0 spiro atoms. The maximum absolute atomic E-state index is 9.82. The Bertz CT molecular complexity index is 119. The van der Waals surface area contributed by atoms with E-state index in [4.69, 9.17) is 4.74 Å². The molecule has 0 N–H and O–H groups in total. The first kappa shape index (κ1) is 8.65. The highest BCUT2D eigenvalue weighted by atomic mass is 16.5. The zero-order chi connectivity index (χ0) is 8.10. The topological polar surface area (TPSA) is 38.7 Å². The first-order valence-corrected chi connectivity index (χ1v) is 4.23. The van der Waals surface area contributed by atoms with Gasteiger partial charge in [0, 0.05) is 6.61 Å². The molecule has 0 aromatic rings. The zero-order valence-corrected chi connectivity index (χ0v) is 6.95. The molecule has 1 heterocycles. The van der Waals surface area contributed by atoms with Crippen LogP contribution in [0, 0.1) is 10.8 Å². The highest BCUT2D eigenvalue weighted by Gasteiger charge is 2.17. The lowest BCUT2D eigenvalue weighted by Gasteiger charge is -2.25. The molecule has 1 aliphatic rings. The molecule has 3 heteroatoms. The normalized spacial score (nSPS) is 31.7. The van der Waals surface area contributed by atoms with Crippen LogP contribution < -0.4 is 0 Å². The third-order valence-corrected chi connectivity index (χ3v) is 2.23. The number of nitroso groups, excluding NO2 is 1. The lowest BCUT2D eigenvalue weighted by atomic mass is 9.96. The van der Waals surface area contributed by atoms with E-state index in [0.717, 1.165) is 19.4 Å². The Morgan fingerprint density at radius 2 is 2.36 bits per heavy atom. The van der Waals surface area contributed by atoms with Crippen molar-refractivity contribution in [3.05, 3.63) is 4.91 Å². The fourth-order valence-electron chi connectivity index (χ4n) is 1.40. The van der Waals surface area contributed by atoms with Gasteiger partial charge in [0.05, 0.1) is 12.6 Å². The van der Waals surface area contributed by atoms with Crippen molar-refractivity contribution >= 4 is 0 Å². The molecule has 1 fully saturated rings. The van der Waals surface area contributed by atoms with Crippen LogP contribution in [-0.2, 0) is 4.74 Å². The van der Waals surface area contributed by atoms with E-state index in [2.05, 4.69) is 12.1 Å². The number of hydrogen-bond acceptors (Lipinski definition) is 3. The number of rotatable bonds is 3. The van der Waals surface area contributed by atoms with Crippen molar-refractivity contribution in [2.45, 2.75) is 32.3 Å². The van der Waals surface area contributed by atoms with E-state index in [1.807, 2.05) is 0 Å². The van der Waals surface area contributed by atoms with Crippen molar-refractivity contribution in [2.24, 2.45) is 11.1 Å². The summed E-state index contributed by atoms with van der Waals surface area (Å²) in [5.41, 5.74) is 0. The van der Waals surface area contributed by atoms with Crippen LogP contribution in [0.3, 0.4) is 0 Å². The van der Waals surface area contributed by atoms with Crippen LogP contribution in [0.4, 0.5) is 0 Å². The van der Waals surface area contributed by atoms with Gasteiger partial charge in [0.25, 0.3) is 0 Å². The van der Waals surface area contributed by atoms with Crippen molar-refractivity contribution in [2.75, 3.05) is 13.2 Å². The van der Waals surface area contributed by atoms with Gasteiger partial charge in [0.15, 0.2) is 0 Å². The molecule has 1 rings (SSSR count). The van der Waals surface area contributed by atoms with Crippen molar-refractivity contribution < 1.29 is 4.74 Å². The molecule has 0 bridgehead atoms. The molecule has 0 aromatic heterocycles. The monoisotopic (exact) mass is 157 g/mol. The summed E-state index contributed by atoms with van der Waals surface area (Å²) in [6.07, 6.45) is 3.63. The van der Waals surface area contributed by atoms with Gasteiger partial charge in [-0.3, -0.25) is 0 Å². The Morgan fingerprint density at radius 3 is 2.91 bits per heavy atom. The predicted molar refractivity (Wildman–Crippen MR) is 43.4 cm³/mol. The van der Waals surface area contributed by atoms with Gasteiger partial charge in [-0.1, -0.05) is 5.18 Å². The Hall–Kier alpha value is -0.440. The first-order chi connectivity index (χ1) is 5.33. The molecule has 0 aliphatic carbocycles. The van der Waals surface area contributed by atoms with Gasteiger partial charge in [-0.15, -0.1) is 0 Å². The maximum atomic E-state index is 9.82. The van der Waals surface area contributed by atoms with Crippen LogP contribution in [0.2, 0.25) is 0 Å². The van der Waals surface area contributed by atoms with Crippen LogP contribution in [0.5, 0.6) is 0 Å². The summed E-state index contributed by atoms with van der Waals surface area (Å²) in [5.74, 6) is 0.573. The molecule has 0 aromatic carbocycles. The molecule has 0 radical (unpaired) electrons. The molecule has 1 saturated heterocycles. The van der Waals surface area contributed by atoms with Gasteiger partial charge in [-0.2, -0.15) is 4.91 Å². The van der Waals surface area contributed by atoms with Crippen molar-refractivity contribution in [3.63, 3.8) is 0 Å². The summed E-state index contributed by atoms with van der Waals surface area (Å²) in [5, 5.41) is 2.84. The Balaban J connectivity index is 2.12. The second-order valence-corrected chi connectivity index (χ2v) is 3.23. The minimum Gasteiger partial charge on any atom is -0.378 e. The summed E-state index contributed by atoms with van der Waals surface area (Å²) in [7, 11) is 0. The Kier molecular flexibility index (Phi) is 3.49. The standard InChI is InChI=1S/C8H15NO2/c1-7-2-3-8(6-11-7)4-5-9-10/h7-8H,2-6H2,1H3. The van der Waals surface area contributed by atoms with E-state index in [9.17, 15) is 4.91 Å². The smallest absolute Gasteiger partial charge is 0.0814 e. The van der Waals surface area contributed by atoms with Crippen LogP contribution in [0.15, 0.2) is 5.18 Å². The van der Waals surface area contributed by atoms with Gasteiger partial charge < -0.3 is 4.74 Å². The van der Waals surface area contributed by atoms with Gasteiger partial charge in [-0.05, 0) is 32.1 Å². The van der Waals surface area contributed by atoms with E-state index in [-0.39, 0.29) is 0 Å². The van der Waals surface area contributed by atoms with Crippen LogP contribution in [0.25, 0.3) is 0 Å². The summed E-state index contributed by atoms with van der Waals surface area (Å²) < 4.78 is 5.44. The molecular weight excluding hydrogens is 142 g/mol. The van der Waals surface area contributed by atoms with Gasteiger partial charge in [0.1, 0.15) is 0 Å². The molecule has 2 unspecified atom stereocenters.